The summed E-state index contributed by atoms with van der Waals surface area (Å²) in [6.45, 7) is 1.00. The van der Waals surface area contributed by atoms with Gasteiger partial charge in [-0.15, -0.1) is 0 Å². The van der Waals surface area contributed by atoms with Crippen molar-refractivity contribution >= 4 is 12.9 Å². The van der Waals surface area contributed by atoms with E-state index in [-0.39, 0.29) is 21.1 Å². The average molecular weight is 274 g/mol. The Kier molecular flexibility index (Phi) is 104. The predicted octanol–water partition coefficient (Wildman–Crippen LogP) is -0.779. The normalized spacial score (nSPS) is 3.43. The molecule has 0 rings (SSSR count). The van der Waals surface area contributed by atoms with Crippen molar-refractivity contribution in [1.29, 1.82) is 0 Å². The minimum atomic E-state index is 0. The molecule has 40 valence electrons. The monoisotopic (exact) mass is 274 g/mol. The molecule has 0 spiro atoms. The van der Waals surface area contributed by atoms with Crippen molar-refractivity contribution in [3.05, 3.63) is 0 Å². The largest absolute Gasteiger partial charge is 2.00 e. The van der Waals surface area contributed by atoms with Crippen LogP contribution in [0.1, 0.15) is 0 Å². The fourth-order valence-electron chi connectivity index (χ4n) is 0. The van der Waals surface area contributed by atoms with E-state index in [1.807, 2.05) is 0 Å². The van der Waals surface area contributed by atoms with Gasteiger partial charge in [-0.3, -0.25) is 0 Å². The smallest absolute Gasteiger partial charge is 0.665 e. The molecule has 0 radical (unpaired) electrons. The molecule has 0 heterocycles. The van der Waals surface area contributed by atoms with Gasteiger partial charge in [-0.1, -0.05) is 12.9 Å². The summed E-state index contributed by atoms with van der Waals surface area (Å²) in [7, 11) is 0. The maximum atomic E-state index is 8.24. The molecular formula is C2H2O4W. The Morgan fingerprint density at radius 3 is 1.00 bits per heavy atom. The first-order valence-electron chi connectivity index (χ1n) is 0.855. The molecule has 0 aromatic heterocycles. The van der Waals surface area contributed by atoms with Crippen LogP contribution in [0.15, 0.2) is 0 Å². The Bertz CT molecular complexity index is 30.7. The van der Waals surface area contributed by atoms with Gasteiger partial charge in [0, 0.05) is 0 Å². The Morgan fingerprint density at radius 1 is 1.00 bits per heavy atom. The zero-order valence-electron chi connectivity index (χ0n) is 3.12. The van der Waals surface area contributed by atoms with Crippen molar-refractivity contribution < 1.29 is 40.9 Å². The summed E-state index contributed by atoms with van der Waals surface area (Å²) < 4.78 is 0. The van der Waals surface area contributed by atoms with Gasteiger partial charge in [-0.2, -0.15) is 0 Å². The fourth-order valence-corrected chi connectivity index (χ4v) is 0. The van der Waals surface area contributed by atoms with Crippen LogP contribution in [0, 0.1) is 0 Å². The molecule has 0 fully saturated rings. The molecular weight excluding hydrogens is 272 g/mol. The summed E-state index contributed by atoms with van der Waals surface area (Å²) in [5.41, 5.74) is 0. The van der Waals surface area contributed by atoms with E-state index in [0.717, 1.165) is 0 Å². The van der Waals surface area contributed by atoms with Gasteiger partial charge in [0.2, 0.25) is 0 Å². The third-order valence-corrected chi connectivity index (χ3v) is 0. The standard InChI is InChI=1S/2CHO2.W/c2*2-1-3;/h2*(H,2,3);/q2*-1;+2. The topological polar surface area (TPSA) is 74.6 Å². The predicted molar refractivity (Wildman–Crippen MR) is 16.6 cm³/mol. The van der Waals surface area contributed by atoms with Crippen molar-refractivity contribution in [1.82, 2.24) is 0 Å². The van der Waals surface area contributed by atoms with Crippen molar-refractivity contribution in [2.24, 2.45) is 0 Å². The van der Waals surface area contributed by atoms with E-state index in [0.29, 0.717) is 12.9 Å². The summed E-state index contributed by atoms with van der Waals surface area (Å²) in [4.78, 5) is 16.5. The molecule has 0 aromatic carbocycles. The minimum Gasteiger partial charge on any atom is -0.665 e. The van der Waals surface area contributed by atoms with Crippen molar-refractivity contribution in [3.63, 3.8) is 0 Å². The second-order valence-electron chi connectivity index (χ2n) is 0.183. The van der Waals surface area contributed by atoms with Crippen molar-refractivity contribution in [3.8, 4) is 0 Å². The van der Waals surface area contributed by atoms with E-state index in [9.17, 15) is 0 Å². The maximum absolute atomic E-state index is 8.24. The van der Waals surface area contributed by atoms with E-state index >= 15 is 0 Å². The molecule has 2 N–H and O–H groups in total. The number of hydrogen-bond acceptors (Lipinski definition) is 2. The fraction of sp³-hybridized carbons (Fsp3) is 0. The van der Waals surface area contributed by atoms with Gasteiger partial charge in [0.1, 0.15) is 0 Å². The second-order valence-corrected chi connectivity index (χ2v) is 0.183. The van der Waals surface area contributed by atoms with Crippen LogP contribution in [0.5, 0.6) is 0 Å². The number of aliphatic hydroxyl groups excluding tert-OH is 2. The van der Waals surface area contributed by atoms with Crippen LogP contribution in [0.2, 0.25) is 0 Å². The van der Waals surface area contributed by atoms with Crippen LogP contribution >= 0.6 is 0 Å². The molecule has 0 unspecified atom stereocenters. The quantitative estimate of drug-likeness (QED) is 0.568. The SMILES string of the molecule is O=[C-]O.O=[C-]O.[W+2]. The molecule has 4 nitrogen and oxygen atoms in total. The van der Waals surface area contributed by atoms with Gasteiger partial charge in [0.05, 0.1) is 0 Å². The van der Waals surface area contributed by atoms with Gasteiger partial charge >= 0.3 is 21.1 Å². The summed E-state index contributed by atoms with van der Waals surface area (Å²) in [6, 6.07) is 0. The molecule has 0 aliphatic carbocycles. The molecule has 0 aromatic rings. The van der Waals surface area contributed by atoms with E-state index in [1.165, 1.54) is 0 Å². The van der Waals surface area contributed by atoms with E-state index in [2.05, 4.69) is 0 Å². The average Bonchev–Trinajstić information content (AvgIpc) is 1.39. The first-order valence-corrected chi connectivity index (χ1v) is 0.855. The maximum Gasteiger partial charge on any atom is 2.00 e. The molecule has 0 aliphatic heterocycles. The molecule has 7 heavy (non-hydrogen) atoms. The van der Waals surface area contributed by atoms with Crippen LogP contribution in [0.4, 0.5) is 0 Å². The van der Waals surface area contributed by atoms with Gasteiger partial charge in [0.25, 0.3) is 0 Å². The molecule has 0 saturated heterocycles. The molecule has 0 saturated carbocycles. The summed E-state index contributed by atoms with van der Waals surface area (Å²) in [6.07, 6.45) is 0. The van der Waals surface area contributed by atoms with Gasteiger partial charge in [-0.25, -0.2) is 0 Å². The molecule has 0 aliphatic rings. The molecule has 5 heteroatoms. The van der Waals surface area contributed by atoms with Crippen LogP contribution < -0.4 is 0 Å². The van der Waals surface area contributed by atoms with Gasteiger partial charge in [-0.05, 0) is 0 Å². The Labute approximate surface area is 54.4 Å². The Hall–Kier alpha value is -0.372. The first kappa shape index (κ1) is 15.9. The second kappa shape index (κ2) is 45.5. The zero-order valence-corrected chi connectivity index (χ0v) is 6.05. The molecule has 0 amide bonds. The third kappa shape index (κ3) is 536. The van der Waals surface area contributed by atoms with Gasteiger partial charge < -0.3 is 19.8 Å². The van der Waals surface area contributed by atoms with Crippen LogP contribution in [0.3, 0.4) is 0 Å². The minimum absolute atomic E-state index is 0. The van der Waals surface area contributed by atoms with Crippen LogP contribution in [-0.4, -0.2) is 23.2 Å². The van der Waals surface area contributed by atoms with E-state index < -0.39 is 0 Å². The van der Waals surface area contributed by atoms with E-state index in [1.54, 1.807) is 0 Å². The van der Waals surface area contributed by atoms with Crippen molar-refractivity contribution in [2.75, 3.05) is 0 Å². The summed E-state index contributed by atoms with van der Waals surface area (Å²) >= 11 is 0. The van der Waals surface area contributed by atoms with Crippen molar-refractivity contribution in [2.45, 2.75) is 0 Å². The molecule has 0 bridgehead atoms. The van der Waals surface area contributed by atoms with Gasteiger partial charge in [0.15, 0.2) is 0 Å². The Balaban J connectivity index is -0.0000000400. The first-order chi connectivity index (χ1) is 2.83. The Morgan fingerprint density at radius 2 is 1.00 bits per heavy atom. The number of rotatable bonds is 0. The van der Waals surface area contributed by atoms with Crippen LogP contribution in [-0.2, 0) is 30.7 Å². The number of hydrogen-bond donors (Lipinski definition) is 2. The molecule has 0 atom stereocenters. The third-order valence-electron chi connectivity index (χ3n) is 0. The van der Waals surface area contributed by atoms with Crippen LogP contribution in [0.25, 0.3) is 0 Å². The van der Waals surface area contributed by atoms with E-state index in [4.69, 9.17) is 19.8 Å². The zero-order chi connectivity index (χ0) is 5.41. The summed E-state index contributed by atoms with van der Waals surface area (Å²) in [5.74, 6) is 0. The summed E-state index contributed by atoms with van der Waals surface area (Å²) in [5, 5.41) is 13.5.